The van der Waals surface area contributed by atoms with Gasteiger partial charge in [0.1, 0.15) is 0 Å². The molecule has 2 heteroatoms. The van der Waals surface area contributed by atoms with Crippen molar-refractivity contribution in [1.82, 2.24) is 10.2 Å². The first-order chi connectivity index (χ1) is 16.2. The monoisotopic (exact) mass is 442 g/mol. The number of nitrogens with one attached hydrogen (secondary N) is 1. The van der Waals surface area contributed by atoms with Crippen LogP contribution < -0.4 is 5.32 Å². The molecule has 1 saturated heterocycles. The van der Waals surface area contributed by atoms with Gasteiger partial charge in [-0.05, 0) is 93.4 Å². The van der Waals surface area contributed by atoms with Crippen LogP contribution >= 0.6 is 0 Å². The zero-order valence-electron chi connectivity index (χ0n) is 20.7. The summed E-state index contributed by atoms with van der Waals surface area (Å²) in [6.45, 7) is 13.4. The van der Waals surface area contributed by atoms with E-state index in [2.05, 4.69) is 103 Å². The number of rotatable bonds is 12. The number of benzene rings is 2. The summed E-state index contributed by atoms with van der Waals surface area (Å²) in [6.07, 6.45) is 14.4. The fourth-order valence-electron chi connectivity index (χ4n) is 4.69. The first-order valence-electron chi connectivity index (χ1n) is 12.8. The van der Waals surface area contributed by atoms with Gasteiger partial charge in [-0.25, -0.2) is 0 Å². The number of nitrogens with zero attached hydrogens (tertiary/aromatic N) is 1. The van der Waals surface area contributed by atoms with Gasteiger partial charge in [-0.2, -0.15) is 0 Å². The highest BCUT2D eigenvalue weighted by atomic mass is 15.1. The molecule has 1 fully saturated rings. The summed E-state index contributed by atoms with van der Waals surface area (Å²) in [5.41, 5.74) is 5.29. The summed E-state index contributed by atoms with van der Waals surface area (Å²) in [6, 6.07) is 20.0. The van der Waals surface area contributed by atoms with Crippen LogP contribution in [0.4, 0.5) is 0 Å². The molecule has 1 N–H and O–H groups in total. The molecule has 3 rings (SSSR count). The number of allylic oxidation sites excluding steroid dienone is 3. The van der Waals surface area contributed by atoms with Crippen molar-refractivity contribution >= 4 is 0 Å². The normalized spacial score (nSPS) is 16.5. The highest BCUT2D eigenvalue weighted by Gasteiger charge is 2.21. The third-order valence-electron chi connectivity index (χ3n) is 6.78. The predicted molar refractivity (Wildman–Crippen MR) is 144 cm³/mol. The van der Waals surface area contributed by atoms with Crippen LogP contribution in [0.25, 0.3) is 0 Å². The lowest BCUT2D eigenvalue weighted by atomic mass is 9.93. The van der Waals surface area contributed by atoms with E-state index >= 15 is 0 Å². The second-order valence-corrected chi connectivity index (χ2v) is 9.27. The quantitative estimate of drug-likeness (QED) is 0.359. The molecule has 0 bridgehead atoms. The Morgan fingerprint density at radius 3 is 2.55 bits per heavy atom. The summed E-state index contributed by atoms with van der Waals surface area (Å²) in [4.78, 5) is 2.65. The summed E-state index contributed by atoms with van der Waals surface area (Å²) in [5.74, 6) is 0.736. The predicted octanol–water partition coefficient (Wildman–Crippen LogP) is 6.91. The van der Waals surface area contributed by atoms with Crippen molar-refractivity contribution in [1.29, 1.82) is 0 Å². The van der Waals surface area contributed by atoms with Crippen molar-refractivity contribution in [3.05, 3.63) is 108 Å². The maximum Gasteiger partial charge on any atom is 0.0571 e. The highest BCUT2D eigenvalue weighted by molar-refractivity contribution is 5.36. The molecule has 2 nitrogen and oxygen atoms in total. The first-order valence-corrected chi connectivity index (χ1v) is 12.8. The maximum absolute atomic E-state index is 4.40. The van der Waals surface area contributed by atoms with Crippen molar-refractivity contribution in [2.45, 2.75) is 52.0 Å². The van der Waals surface area contributed by atoms with Gasteiger partial charge in [-0.3, -0.25) is 0 Å². The minimum atomic E-state index is 0.168. The number of hydrogen-bond donors (Lipinski definition) is 1. The van der Waals surface area contributed by atoms with Gasteiger partial charge >= 0.3 is 0 Å². The smallest absolute Gasteiger partial charge is 0.0571 e. The first kappa shape index (κ1) is 25.2. The third-order valence-corrected chi connectivity index (χ3v) is 6.78. The molecule has 0 saturated carbocycles. The van der Waals surface area contributed by atoms with E-state index in [1.165, 1.54) is 62.0 Å². The van der Waals surface area contributed by atoms with Crippen LogP contribution in [0, 0.1) is 5.92 Å². The Hall–Kier alpha value is -2.42. The van der Waals surface area contributed by atoms with E-state index in [9.17, 15) is 0 Å². The summed E-state index contributed by atoms with van der Waals surface area (Å²) < 4.78 is 0. The standard InChI is InChI=1S/C31H42N2/c1-4-6-8-13-26(3)31(30-18-11-16-27(5-2)24-30)32-25-29-19-22-33(23-20-29)21-12-17-28-14-9-7-10-15-28/h4,6-11,13-16,18,24,29,31-32H,3,5,12,17,19-23,25H2,1-2H3/b6-4-,13-8-. The average molecular weight is 443 g/mol. The zero-order chi connectivity index (χ0) is 23.3. The Labute approximate surface area is 202 Å². The van der Waals surface area contributed by atoms with Crippen LogP contribution in [0.1, 0.15) is 55.8 Å². The molecule has 1 atom stereocenters. The van der Waals surface area contributed by atoms with Crippen LogP contribution in [0.5, 0.6) is 0 Å². The second-order valence-electron chi connectivity index (χ2n) is 9.27. The zero-order valence-corrected chi connectivity index (χ0v) is 20.7. The van der Waals surface area contributed by atoms with Gasteiger partial charge in [0.25, 0.3) is 0 Å². The fraction of sp³-hybridized carbons (Fsp3) is 0.419. The lowest BCUT2D eigenvalue weighted by Crippen LogP contribution is -2.38. The van der Waals surface area contributed by atoms with E-state index in [1.807, 2.05) is 6.92 Å². The highest BCUT2D eigenvalue weighted by Crippen LogP contribution is 2.25. The molecule has 1 heterocycles. The second kappa shape index (κ2) is 14.0. The van der Waals surface area contributed by atoms with Crippen molar-refractivity contribution in [2.24, 2.45) is 5.92 Å². The topological polar surface area (TPSA) is 15.3 Å². The van der Waals surface area contributed by atoms with Crippen molar-refractivity contribution < 1.29 is 0 Å². The van der Waals surface area contributed by atoms with Gasteiger partial charge in [0.05, 0.1) is 6.04 Å². The summed E-state index contributed by atoms with van der Waals surface area (Å²) >= 11 is 0. The van der Waals surface area contributed by atoms with Crippen molar-refractivity contribution in [3.8, 4) is 0 Å². The van der Waals surface area contributed by atoms with Crippen LogP contribution in [0.15, 0.2) is 91.1 Å². The van der Waals surface area contributed by atoms with Crippen LogP contribution in [0.2, 0.25) is 0 Å². The van der Waals surface area contributed by atoms with Crippen molar-refractivity contribution in [3.63, 3.8) is 0 Å². The Morgan fingerprint density at radius 2 is 1.82 bits per heavy atom. The van der Waals surface area contributed by atoms with E-state index in [0.29, 0.717) is 0 Å². The minimum absolute atomic E-state index is 0.168. The molecule has 0 aliphatic carbocycles. The van der Waals surface area contributed by atoms with Gasteiger partial charge < -0.3 is 10.2 Å². The van der Waals surface area contributed by atoms with Gasteiger partial charge in [0, 0.05) is 0 Å². The van der Waals surface area contributed by atoms with Crippen molar-refractivity contribution in [2.75, 3.05) is 26.2 Å². The SMILES string of the molecule is C=C(/C=C\C=C/C)C(NCC1CCN(CCCc2ccccc2)CC1)c1cccc(CC)c1. The number of hydrogen-bond acceptors (Lipinski definition) is 2. The summed E-state index contributed by atoms with van der Waals surface area (Å²) in [5, 5.41) is 3.87. The van der Waals surface area contributed by atoms with E-state index in [0.717, 1.165) is 24.5 Å². The molecular formula is C31H42N2. The van der Waals surface area contributed by atoms with Crippen LogP contribution in [-0.4, -0.2) is 31.1 Å². The molecule has 1 aliphatic rings. The molecule has 0 radical (unpaired) electrons. The number of likely N-dealkylation sites (tertiary alicyclic amines) is 1. The molecule has 2 aromatic rings. The fourth-order valence-corrected chi connectivity index (χ4v) is 4.69. The Balaban J connectivity index is 1.49. The molecule has 0 aromatic heterocycles. The lowest BCUT2D eigenvalue weighted by molar-refractivity contribution is 0.179. The largest absolute Gasteiger partial charge is 0.306 e. The lowest BCUT2D eigenvalue weighted by Gasteiger charge is -2.33. The third kappa shape index (κ3) is 8.46. The number of aryl methyl sites for hydroxylation is 2. The molecule has 2 aromatic carbocycles. The summed E-state index contributed by atoms with van der Waals surface area (Å²) in [7, 11) is 0. The van der Waals surface area contributed by atoms with Gasteiger partial charge in [-0.1, -0.05) is 92.4 Å². The molecule has 176 valence electrons. The Bertz CT molecular complexity index is 888. The molecule has 33 heavy (non-hydrogen) atoms. The Kier molecular flexibility index (Phi) is 10.7. The number of piperidine rings is 1. The van der Waals surface area contributed by atoms with E-state index in [4.69, 9.17) is 0 Å². The molecular weight excluding hydrogens is 400 g/mol. The molecule has 1 unspecified atom stereocenters. The average Bonchev–Trinajstić information content (AvgIpc) is 2.86. The molecule has 1 aliphatic heterocycles. The van der Waals surface area contributed by atoms with E-state index in [-0.39, 0.29) is 6.04 Å². The van der Waals surface area contributed by atoms with Crippen LogP contribution in [-0.2, 0) is 12.8 Å². The van der Waals surface area contributed by atoms with Crippen LogP contribution in [0.3, 0.4) is 0 Å². The van der Waals surface area contributed by atoms with E-state index < -0.39 is 0 Å². The Morgan fingerprint density at radius 1 is 1.06 bits per heavy atom. The maximum atomic E-state index is 4.40. The van der Waals surface area contributed by atoms with Gasteiger partial charge in [-0.15, -0.1) is 0 Å². The minimum Gasteiger partial charge on any atom is -0.306 e. The van der Waals surface area contributed by atoms with Gasteiger partial charge in [0.2, 0.25) is 0 Å². The molecule has 0 spiro atoms. The van der Waals surface area contributed by atoms with E-state index in [1.54, 1.807) is 0 Å². The van der Waals surface area contributed by atoms with Gasteiger partial charge in [0.15, 0.2) is 0 Å². The molecule has 0 amide bonds.